The second-order valence-electron chi connectivity index (χ2n) is 4.32. The normalized spacial score (nSPS) is 10.7. The van der Waals surface area contributed by atoms with Gasteiger partial charge < -0.3 is 14.8 Å². The van der Waals surface area contributed by atoms with Crippen LogP contribution in [0.2, 0.25) is 0 Å². The fourth-order valence-corrected chi connectivity index (χ4v) is 1.21. The molecule has 0 aliphatic rings. The van der Waals surface area contributed by atoms with Gasteiger partial charge in [-0.05, 0) is 38.1 Å². The molecule has 5 nitrogen and oxygen atoms in total. The highest BCUT2D eigenvalue weighted by Crippen LogP contribution is 2.20. The van der Waals surface area contributed by atoms with Crippen LogP contribution >= 0.6 is 15.9 Å². The maximum atomic E-state index is 11.7. The smallest absolute Gasteiger partial charge is 0.343 e. The average Bonchev–Trinajstić information content (AvgIpc) is 2.36. The van der Waals surface area contributed by atoms with Gasteiger partial charge in [-0.15, -0.1) is 0 Å². The van der Waals surface area contributed by atoms with Crippen molar-refractivity contribution in [2.24, 2.45) is 0 Å². The van der Waals surface area contributed by atoms with Crippen molar-refractivity contribution in [3.8, 4) is 5.75 Å². The summed E-state index contributed by atoms with van der Waals surface area (Å²) in [4.78, 5) is 22.6. The molecular formula is C13H16BrNO4. The minimum absolute atomic E-state index is 0.142. The zero-order valence-corrected chi connectivity index (χ0v) is 12.6. The molecule has 0 spiro atoms. The van der Waals surface area contributed by atoms with Gasteiger partial charge in [-0.2, -0.15) is 0 Å². The van der Waals surface area contributed by atoms with E-state index in [1.807, 2.05) is 0 Å². The fraction of sp³-hybridized carbons (Fsp3) is 0.385. The standard InChI is InChI=1S/C13H16BrNO4/c1-13(2,14)12(17)15-9-4-6-10(7-5-9)19-8-11(16)18-3/h4-7H,8H2,1-3H3,(H,15,17). The summed E-state index contributed by atoms with van der Waals surface area (Å²) in [7, 11) is 1.30. The van der Waals surface area contributed by atoms with E-state index in [1.165, 1.54) is 7.11 Å². The number of carbonyl (C=O) groups is 2. The summed E-state index contributed by atoms with van der Waals surface area (Å²) >= 11 is 3.28. The molecule has 6 heteroatoms. The van der Waals surface area contributed by atoms with Gasteiger partial charge in [0.1, 0.15) is 5.75 Å². The number of halogens is 1. The van der Waals surface area contributed by atoms with Crippen molar-refractivity contribution in [1.82, 2.24) is 0 Å². The lowest BCUT2D eigenvalue weighted by molar-refractivity contribution is -0.142. The molecule has 1 rings (SSSR count). The summed E-state index contributed by atoms with van der Waals surface area (Å²) in [6, 6.07) is 6.73. The van der Waals surface area contributed by atoms with Crippen molar-refractivity contribution >= 4 is 33.5 Å². The molecule has 0 unspecified atom stereocenters. The highest BCUT2D eigenvalue weighted by atomic mass is 79.9. The number of ether oxygens (including phenoxy) is 2. The summed E-state index contributed by atoms with van der Waals surface area (Å²) in [5.41, 5.74) is 0.656. The molecule has 1 N–H and O–H groups in total. The van der Waals surface area contributed by atoms with E-state index in [0.29, 0.717) is 11.4 Å². The minimum Gasteiger partial charge on any atom is -0.482 e. The summed E-state index contributed by atoms with van der Waals surface area (Å²) < 4.78 is 9.02. The highest BCUT2D eigenvalue weighted by molar-refractivity contribution is 9.10. The largest absolute Gasteiger partial charge is 0.482 e. The van der Waals surface area contributed by atoms with Crippen LogP contribution in [-0.4, -0.2) is 29.9 Å². The van der Waals surface area contributed by atoms with Crippen LogP contribution in [0.3, 0.4) is 0 Å². The quantitative estimate of drug-likeness (QED) is 0.665. The van der Waals surface area contributed by atoms with Crippen LogP contribution in [0.15, 0.2) is 24.3 Å². The first kappa shape index (κ1) is 15.5. The maximum absolute atomic E-state index is 11.7. The van der Waals surface area contributed by atoms with Crippen LogP contribution in [0.25, 0.3) is 0 Å². The lowest BCUT2D eigenvalue weighted by Gasteiger charge is -2.16. The Labute approximate surface area is 120 Å². The molecule has 0 fully saturated rings. The van der Waals surface area contributed by atoms with E-state index in [0.717, 1.165) is 0 Å². The number of amides is 1. The molecule has 0 saturated heterocycles. The van der Waals surface area contributed by atoms with Crippen LogP contribution in [0.4, 0.5) is 5.69 Å². The van der Waals surface area contributed by atoms with Gasteiger partial charge >= 0.3 is 5.97 Å². The topological polar surface area (TPSA) is 64.6 Å². The van der Waals surface area contributed by atoms with E-state index < -0.39 is 10.3 Å². The van der Waals surface area contributed by atoms with Crippen molar-refractivity contribution in [3.63, 3.8) is 0 Å². The number of rotatable bonds is 5. The number of alkyl halides is 1. The molecule has 104 valence electrons. The Kier molecular flexibility index (Phi) is 5.35. The van der Waals surface area contributed by atoms with Crippen LogP contribution in [-0.2, 0) is 14.3 Å². The van der Waals surface area contributed by atoms with E-state index in [9.17, 15) is 9.59 Å². The Balaban J connectivity index is 2.57. The number of esters is 1. The zero-order valence-electron chi connectivity index (χ0n) is 11.0. The highest BCUT2D eigenvalue weighted by Gasteiger charge is 2.23. The average molecular weight is 330 g/mol. The molecule has 19 heavy (non-hydrogen) atoms. The number of benzene rings is 1. The van der Waals surface area contributed by atoms with Crippen molar-refractivity contribution in [1.29, 1.82) is 0 Å². The monoisotopic (exact) mass is 329 g/mol. The number of hydrogen-bond donors (Lipinski definition) is 1. The minimum atomic E-state index is -0.632. The van der Waals surface area contributed by atoms with Gasteiger partial charge in [-0.1, -0.05) is 15.9 Å². The van der Waals surface area contributed by atoms with Crippen LogP contribution < -0.4 is 10.1 Å². The van der Waals surface area contributed by atoms with Crippen molar-refractivity contribution in [3.05, 3.63) is 24.3 Å². The number of methoxy groups -OCH3 is 1. The third-order valence-corrected chi connectivity index (χ3v) is 2.60. The molecule has 0 bridgehead atoms. The van der Waals surface area contributed by atoms with E-state index >= 15 is 0 Å². The molecular weight excluding hydrogens is 314 g/mol. The Hall–Kier alpha value is -1.56. The van der Waals surface area contributed by atoms with Crippen LogP contribution in [0, 0.1) is 0 Å². The molecule has 1 amide bonds. The van der Waals surface area contributed by atoms with E-state index in [4.69, 9.17) is 4.74 Å². The Morgan fingerprint density at radius 2 is 1.84 bits per heavy atom. The van der Waals surface area contributed by atoms with E-state index in [2.05, 4.69) is 26.0 Å². The summed E-state index contributed by atoms with van der Waals surface area (Å²) in [6.07, 6.45) is 0. The molecule has 0 heterocycles. The van der Waals surface area contributed by atoms with Crippen molar-refractivity contribution in [2.75, 3.05) is 19.0 Å². The number of anilines is 1. The van der Waals surface area contributed by atoms with Gasteiger partial charge in [0, 0.05) is 5.69 Å². The zero-order chi connectivity index (χ0) is 14.5. The summed E-state index contributed by atoms with van der Waals surface area (Å²) in [6.45, 7) is 3.38. The van der Waals surface area contributed by atoms with E-state index in [-0.39, 0.29) is 12.5 Å². The van der Waals surface area contributed by atoms with Gasteiger partial charge in [0.15, 0.2) is 6.61 Å². The number of carbonyl (C=O) groups excluding carboxylic acids is 2. The Bertz CT molecular complexity index is 451. The van der Waals surface area contributed by atoms with Gasteiger partial charge in [-0.25, -0.2) is 4.79 Å². The molecule has 0 saturated carbocycles. The summed E-state index contributed by atoms with van der Waals surface area (Å²) in [5.74, 6) is -0.0596. The maximum Gasteiger partial charge on any atom is 0.343 e. The molecule has 0 aliphatic carbocycles. The lowest BCUT2D eigenvalue weighted by Crippen LogP contribution is -2.30. The third kappa shape index (κ3) is 5.30. The molecule has 0 atom stereocenters. The molecule has 0 aliphatic heterocycles. The third-order valence-electron chi connectivity index (χ3n) is 2.24. The molecule has 0 radical (unpaired) electrons. The SMILES string of the molecule is COC(=O)COc1ccc(NC(=O)C(C)(C)Br)cc1. The molecule has 0 aromatic heterocycles. The Morgan fingerprint density at radius 3 is 2.32 bits per heavy atom. The first-order valence-electron chi connectivity index (χ1n) is 5.63. The fourth-order valence-electron chi connectivity index (χ4n) is 1.12. The van der Waals surface area contributed by atoms with Crippen LogP contribution in [0.1, 0.15) is 13.8 Å². The van der Waals surface area contributed by atoms with Crippen LogP contribution in [0.5, 0.6) is 5.75 Å². The number of hydrogen-bond acceptors (Lipinski definition) is 4. The van der Waals surface area contributed by atoms with Crippen molar-refractivity contribution < 1.29 is 19.1 Å². The second-order valence-corrected chi connectivity index (χ2v) is 6.30. The predicted octanol–water partition coefficient (Wildman–Crippen LogP) is 2.35. The second kappa shape index (κ2) is 6.56. The van der Waals surface area contributed by atoms with Gasteiger partial charge in [0.25, 0.3) is 0 Å². The molecule has 1 aromatic rings. The van der Waals surface area contributed by atoms with Gasteiger partial charge in [0.2, 0.25) is 5.91 Å². The first-order chi connectivity index (χ1) is 8.82. The molecule has 1 aromatic carbocycles. The lowest BCUT2D eigenvalue weighted by atomic mass is 10.2. The van der Waals surface area contributed by atoms with Gasteiger partial charge in [0.05, 0.1) is 11.4 Å². The predicted molar refractivity (Wildman–Crippen MR) is 75.6 cm³/mol. The summed E-state index contributed by atoms with van der Waals surface area (Å²) in [5, 5.41) is 2.75. The number of nitrogens with one attached hydrogen (secondary N) is 1. The Morgan fingerprint density at radius 1 is 1.26 bits per heavy atom. The van der Waals surface area contributed by atoms with E-state index in [1.54, 1.807) is 38.1 Å². The first-order valence-corrected chi connectivity index (χ1v) is 6.42. The van der Waals surface area contributed by atoms with Gasteiger partial charge in [-0.3, -0.25) is 4.79 Å². The van der Waals surface area contributed by atoms with Crippen molar-refractivity contribution in [2.45, 2.75) is 18.2 Å².